The Bertz CT molecular complexity index is 1050. The SMILES string of the molecule is O=C(Nc1cccc(C#Cc2ccccc2)c1)NC1CCN(Cc2ccncc2)CC1. The van der Waals surface area contributed by atoms with Gasteiger partial charge in [0.2, 0.25) is 0 Å². The Morgan fingerprint density at radius 3 is 2.42 bits per heavy atom. The molecule has 1 saturated heterocycles. The molecule has 0 saturated carbocycles. The quantitative estimate of drug-likeness (QED) is 0.632. The van der Waals surface area contributed by atoms with E-state index in [-0.39, 0.29) is 12.1 Å². The Labute approximate surface area is 183 Å². The molecule has 2 aromatic carbocycles. The van der Waals surface area contributed by atoms with Crippen LogP contribution in [0.1, 0.15) is 29.5 Å². The maximum atomic E-state index is 12.5. The summed E-state index contributed by atoms with van der Waals surface area (Å²) in [5.41, 5.74) is 3.85. The fourth-order valence-corrected chi connectivity index (χ4v) is 3.67. The molecule has 1 aromatic heterocycles. The second-order valence-electron chi connectivity index (χ2n) is 7.70. The molecule has 2 amide bonds. The molecular formula is C26H26N4O. The summed E-state index contributed by atoms with van der Waals surface area (Å²) in [4.78, 5) is 18.9. The summed E-state index contributed by atoms with van der Waals surface area (Å²) in [6.45, 7) is 2.87. The summed E-state index contributed by atoms with van der Waals surface area (Å²) in [6, 6.07) is 21.6. The zero-order valence-electron chi connectivity index (χ0n) is 17.4. The number of benzene rings is 2. The van der Waals surface area contributed by atoms with Crippen molar-refractivity contribution in [2.45, 2.75) is 25.4 Å². The molecule has 156 valence electrons. The van der Waals surface area contributed by atoms with Gasteiger partial charge in [-0.15, -0.1) is 0 Å². The van der Waals surface area contributed by atoms with Crippen LogP contribution in [-0.2, 0) is 6.54 Å². The van der Waals surface area contributed by atoms with E-state index < -0.39 is 0 Å². The molecule has 0 atom stereocenters. The normalized spacial score (nSPS) is 14.3. The van der Waals surface area contributed by atoms with Crippen LogP contribution in [0.3, 0.4) is 0 Å². The highest BCUT2D eigenvalue weighted by atomic mass is 16.2. The van der Waals surface area contributed by atoms with Crippen LogP contribution in [0.15, 0.2) is 79.1 Å². The standard InChI is InChI=1S/C26H26N4O/c31-26(28-24-13-17-30(18-14-24)20-23-11-15-27-16-12-23)29-25-8-4-7-22(19-25)10-9-21-5-2-1-3-6-21/h1-8,11-12,15-16,19,24H,13-14,17-18,20H2,(H2,28,29,31). The largest absolute Gasteiger partial charge is 0.335 e. The maximum Gasteiger partial charge on any atom is 0.319 e. The van der Waals surface area contributed by atoms with Crippen molar-refractivity contribution >= 4 is 11.7 Å². The number of urea groups is 1. The van der Waals surface area contributed by atoms with Gasteiger partial charge in [0.15, 0.2) is 0 Å². The summed E-state index contributed by atoms with van der Waals surface area (Å²) in [7, 11) is 0. The first-order chi connectivity index (χ1) is 15.2. The summed E-state index contributed by atoms with van der Waals surface area (Å²) >= 11 is 0. The number of nitrogens with zero attached hydrogens (tertiary/aromatic N) is 2. The number of carbonyl (C=O) groups excluding carboxylic acids is 1. The number of amides is 2. The van der Waals surface area contributed by atoms with Crippen LogP contribution in [0.2, 0.25) is 0 Å². The first-order valence-electron chi connectivity index (χ1n) is 10.6. The smallest absolute Gasteiger partial charge is 0.319 e. The van der Waals surface area contributed by atoms with Crippen LogP contribution in [0.4, 0.5) is 10.5 Å². The van der Waals surface area contributed by atoms with Crippen LogP contribution in [0.5, 0.6) is 0 Å². The average molecular weight is 411 g/mol. The van der Waals surface area contributed by atoms with E-state index in [2.05, 4.69) is 44.5 Å². The van der Waals surface area contributed by atoms with E-state index in [0.717, 1.165) is 49.3 Å². The number of nitrogens with one attached hydrogen (secondary N) is 2. The second-order valence-corrected chi connectivity index (χ2v) is 7.70. The molecule has 0 spiro atoms. The Morgan fingerprint density at radius 1 is 0.935 bits per heavy atom. The average Bonchev–Trinajstić information content (AvgIpc) is 2.81. The van der Waals surface area contributed by atoms with Gasteiger partial charge in [-0.1, -0.05) is 36.1 Å². The van der Waals surface area contributed by atoms with E-state index in [0.29, 0.717) is 0 Å². The number of piperidine rings is 1. The van der Waals surface area contributed by atoms with Crippen molar-refractivity contribution in [3.63, 3.8) is 0 Å². The van der Waals surface area contributed by atoms with Gasteiger partial charge < -0.3 is 10.6 Å². The third-order valence-electron chi connectivity index (χ3n) is 5.32. The van der Waals surface area contributed by atoms with Crippen molar-refractivity contribution in [2.75, 3.05) is 18.4 Å². The number of rotatable bonds is 4. The Kier molecular flexibility index (Phi) is 6.94. The van der Waals surface area contributed by atoms with Crippen molar-refractivity contribution in [3.8, 4) is 11.8 Å². The zero-order chi connectivity index (χ0) is 21.3. The number of likely N-dealkylation sites (tertiary alicyclic amines) is 1. The highest BCUT2D eigenvalue weighted by Crippen LogP contribution is 2.15. The van der Waals surface area contributed by atoms with Crippen LogP contribution in [0, 0.1) is 11.8 Å². The van der Waals surface area contributed by atoms with Crippen molar-refractivity contribution in [3.05, 3.63) is 95.8 Å². The monoisotopic (exact) mass is 410 g/mol. The topological polar surface area (TPSA) is 57.3 Å². The van der Waals surface area contributed by atoms with Gasteiger partial charge in [0.1, 0.15) is 0 Å². The molecule has 2 N–H and O–H groups in total. The molecule has 5 nitrogen and oxygen atoms in total. The highest BCUT2D eigenvalue weighted by Gasteiger charge is 2.20. The van der Waals surface area contributed by atoms with Gasteiger partial charge in [0.05, 0.1) is 0 Å². The Morgan fingerprint density at radius 2 is 1.65 bits per heavy atom. The molecule has 1 aliphatic rings. The minimum absolute atomic E-state index is 0.166. The lowest BCUT2D eigenvalue weighted by Gasteiger charge is -2.32. The fraction of sp³-hybridized carbons (Fsp3) is 0.231. The molecule has 0 aliphatic carbocycles. The first kappa shape index (κ1) is 20.6. The molecule has 0 radical (unpaired) electrons. The summed E-state index contributed by atoms with van der Waals surface area (Å²) in [5, 5.41) is 6.05. The minimum Gasteiger partial charge on any atom is -0.335 e. The lowest BCUT2D eigenvalue weighted by Crippen LogP contribution is -2.45. The molecule has 1 aliphatic heterocycles. The van der Waals surface area contributed by atoms with Gasteiger partial charge in [-0.05, 0) is 60.9 Å². The van der Waals surface area contributed by atoms with Crippen molar-refractivity contribution in [1.82, 2.24) is 15.2 Å². The Balaban J connectivity index is 1.25. The zero-order valence-corrected chi connectivity index (χ0v) is 17.4. The van der Waals surface area contributed by atoms with Crippen LogP contribution in [0.25, 0.3) is 0 Å². The number of hydrogen-bond acceptors (Lipinski definition) is 3. The first-order valence-corrected chi connectivity index (χ1v) is 10.6. The van der Waals surface area contributed by atoms with Crippen molar-refractivity contribution in [2.24, 2.45) is 0 Å². The molecular weight excluding hydrogens is 384 g/mol. The lowest BCUT2D eigenvalue weighted by molar-refractivity contribution is 0.190. The van der Waals surface area contributed by atoms with Gasteiger partial charge in [-0.25, -0.2) is 4.79 Å². The van der Waals surface area contributed by atoms with E-state index in [1.54, 1.807) is 0 Å². The number of anilines is 1. The molecule has 1 fully saturated rings. The van der Waals surface area contributed by atoms with Crippen LogP contribution in [-0.4, -0.2) is 35.0 Å². The van der Waals surface area contributed by atoms with E-state index in [1.807, 2.05) is 67.0 Å². The summed E-state index contributed by atoms with van der Waals surface area (Å²) < 4.78 is 0. The fourth-order valence-electron chi connectivity index (χ4n) is 3.67. The highest BCUT2D eigenvalue weighted by molar-refractivity contribution is 5.89. The predicted octanol–water partition coefficient (Wildman–Crippen LogP) is 4.27. The Hall–Kier alpha value is -3.62. The molecule has 3 aromatic rings. The van der Waals surface area contributed by atoms with Crippen LogP contribution < -0.4 is 10.6 Å². The lowest BCUT2D eigenvalue weighted by atomic mass is 10.0. The number of carbonyl (C=O) groups is 1. The molecule has 4 rings (SSSR count). The molecule has 31 heavy (non-hydrogen) atoms. The van der Waals surface area contributed by atoms with Gasteiger partial charge in [-0.2, -0.15) is 0 Å². The molecule has 2 heterocycles. The van der Waals surface area contributed by atoms with Gasteiger partial charge >= 0.3 is 6.03 Å². The third kappa shape index (κ3) is 6.43. The summed E-state index contributed by atoms with van der Waals surface area (Å²) in [6.07, 6.45) is 5.55. The number of aromatic nitrogens is 1. The van der Waals surface area contributed by atoms with Crippen LogP contribution >= 0.6 is 0 Å². The minimum atomic E-state index is -0.166. The van der Waals surface area contributed by atoms with Gasteiger partial charge in [0, 0.05) is 54.9 Å². The van der Waals surface area contributed by atoms with E-state index in [1.165, 1.54) is 5.56 Å². The van der Waals surface area contributed by atoms with E-state index in [4.69, 9.17) is 0 Å². The molecule has 5 heteroatoms. The van der Waals surface area contributed by atoms with Crippen molar-refractivity contribution in [1.29, 1.82) is 0 Å². The third-order valence-corrected chi connectivity index (χ3v) is 5.32. The summed E-state index contributed by atoms with van der Waals surface area (Å²) in [5.74, 6) is 6.29. The molecule has 0 unspecified atom stereocenters. The predicted molar refractivity (Wildman–Crippen MR) is 124 cm³/mol. The second kappa shape index (κ2) is 10.4. The number of hydrogen-bond donors (Lipinski definition) is 2. The van der Waals surface area contributed by atoms with E-state index >= 15 is 0 Å². The van der Waals surface area contributed by atoms with Gasteiger partial charge in [0.25, 0.3) is 0 Å². The molecule has 0 bridgehead atoms. The number of pyridine rings is 1. The maximum absolute atomic E-state index is 12.5. The van der Waals surface area contributed by atoms with Crippen molar-refractivity contribution < 1.29 is 4.79 Å². The van der Waals surface area contributed by atoms with Gasteiger partial charge in [-0.3, -0.25) is 9.88 Å². The van der Waals surface area contributed by atoms with E-state index in [9.17, 15) is 4.79 Å².